The standard InChI is InChI=1S/C21H25ClN6O3/c1-5-20(30)27-9-12(2)28(13(3)29)18(10-27)14-6-16(26-19(22)7-14)15-8-17(21(31)23-4)25-11-24-15/h5-8,11-12,18,20,30H,1,9-10H2,2-4H3,(H,23,31)/t12-,18+,20?/m1/s1. The quantitative estimate of drug-likeness (QED) is 0.532. The van der Waals surface area contributed by atoms with Crippen molar-refractivity contribution in [1.29, 1.82) is 0 Å². The minimum Gasteiger partial charge on any atom is -0.375 e. The maximum absolute atomic E-state index is 12.4. The fourth-order valence-corrected chi connectivity index (χ4v) is 4.09. The fraction of sp³-hybridized carbons (Fsp3) is 0.381. The second kappa shape index (κ2) is 9.51. The van der Waals surface area contributed by atoms with Crippen LogP contribution in [-0.4, -0.2) is 74.1 Å². The van der Waals surface area contributed by atoms with Gasteiger partial charge in [-0.3, -0.25) is 14.5 Å². The maximum atomic E-state index is 12.4. The van der Waals surface area contributed by atoms with Gasteiger partial charge in [0.25, 0.3) is 5.91 Å². The molecule has 31 heavy (non-hydrogen) atoms. The number of hydrogen-bond donors (Lipinski definition) is 2. The highest BCUT2D eigenvalue weighted by Crippen LogP contribution is 2.32. The normalized spacial score (nSPS) is 20.2. The molecule has 10 heteroatoms. The van der Waals surface area contributed by atoms with Gasteiger partial charge in [0, 0.05) is 33.1 Å². The number of aliphatic hydroxyl groups excluding tert-OH is 1. The van der Waals surface area contributed by atoms with Crippen molar-refractivity contribution in [2.75, 3.05) is 20.1 Å². The molecular weight excluding hydrogens is 420 g/mol. The Morgan fingerprint density at radius 1 is 1.29 bits per heavy atom. The second-order valence-electron chi connectivity index (χ2n) is 7.37. The highest BCUT2D eigenvalue weighted by Gasteiger charge is 2.36. The number of aliphatic hydroxyl groups is 1. The van der Waals surface area contributed by atoms with Gasteiger partial charge in [-0.15, -0.1) is 0 Å². The first-order chi connectivity index (χ1) is 14.7. The van der Waals surface area contributed by atoms with Crippen molar-refractivity contribution in [1.82, 2.24) is 30.1 Å². The summed E-state index contributed by atoms with van der Waals surface area (Å²) in [6, 6.07) is 4.51. The molecule has 2 aromatic heterocycles. The summed E-state index contributed by atoms with van der Waals surface area (Å²) >= 11 is 6.32. The first-order valence-corrected chi connectivity index (χ1v) is 10.2. The summed E-state index contributed by atoms with van der Waals surface area (Å²) in [5.41, 5.74) is 1.83. The van der Waals surface area contributed by atoms with Crippen molar-refractivity contribution in [2.24, 2.45) is 0 Å². The van der Waals surface area contributed by atoms with Gasteiger partial charge >= 0.3 is 0 Å². The van der Waals surface area contributed by atoms with Crippen molar-refractivity contribution >= 4 is 23.4 Å². The van der Waals surface area contributed by atoms with Crippen molar-refractivity contribution in [3.8, 4) is 11.4 Å². The average molecular weight is 445 g/mol. The average Bonchev–Trinajstić information content (AvgIpc) is 2.76. The molecule has 2 N–H and O–H groups in total. The molecule has 0 spiro atoms. The highest BCUT2D eigenvalue weighted by molar-refractivity contribution is 6.29. The lowest BCUT2D eigenvalue weighted by atomic mass is 9.98. The van der Waals surface area contributed by atoms with Gasteiger partial charge in [0.2, 0.25) is 5.91 Å². The van der Waals surface area contributed by atoms with Crippen LogP contribution < -0.4 is 5.32 Å². The molecule has 1 aliphatic heterocycles. The largest absolute Gasteiger partial charge is 0.375 e. The van der Waals surface area contributed by atoms with Crippen LogP contribution in [0.4, 0.5) is 0 Å². The molecule has 3 atom stereocenters. The van der Waals surface area contributed by atoms with Crippen LogP contribution in [0.15, 0.2) is 37.2 Å². The lowest BCUT2D eigenvalue weighted by molar-refractivity contribution is -0.140. The predicted molar refractivity (Wildman–Crippen MR) is 116 cm³/mol. The molecule has 0 bridgehead atoms. The summed E-state index contributed by atoms with van der Waals surface area (Å²) in [5, 5.41) is 13.0. The number of pyridine rings is 1. The summed E-state index contributed by atoms with van der Waals surface area (Å²) < 4.78 is 0. The molecule has 0 radical (unpaired) electrons. The van der Waals surface area contributed by atoms with E-state index in [9.17, 15) is 14.7 Å². The van der Waals surface area contributed by atoms with Crippen LogP contribution in [0.25, 0.3) is 11.4 Å². The zero-order chi connectivity index (χ0) is 22.7. The number of hydrogen-bond acceptors (Lipinski definition) is 7. The first kappa shape index (κ1) is 22.8. The van der Waals surface area contributed by atoms with E-state index < -0.39 is 6.23 Å². The van der Waals surface area contributed by atoms with Gasteiger partial charge in [-0.1, -0.05) is 18.2 Å². The van der Waals surface area contributed by atoms with E-state index in [2.05, 4.69) is 26.8 Å². The molecule has 3 heterocycles. The van der Waals surface area contributed by atoms with Crippen LogP contribution in [0.2, 0.25) is 5.15 Å². The second-order valence-corrected chi connectivity index (χ2v) is 7.76. The van der Waals surface area contributed by atoms with E-state index in [1.54, 1.807) is 17.0 Å². The van der Waals surface area contributed by atoms with Gasteiger partial charge in [-0.2, -0.15) is 0 Å². The van der Waals surface area contributed by atoms with E-state index in [1.807, 2.05) is 11.8 Å². The van der Waals surface area contributed by atoms with Gasteiger partial charge in [-0.25, -0.2) is 15.0 Å². The summed E-state index contributed by atoms with van der Waals surface area (Å²) in [6.07, 6.45) is 1.92. The van der Waals surface area contributed by atoms with Crippen LogP contribution >= 0.6 is 11.6 Å². The number of nitrogens with one attached hydrogen (secondary N) is 1. The van der Waals surface area contributed by atoms with Crippen molar-refractivity contribution in [2.45, 2.75) is 32.2 Å². The number of carbonyl (C=O) groups is 2. The van der Waals surface area contributed by atoms with E-state index >= 15 is 0 Å². The molecule has 1 fully saturated rings. The third-order valence-corrected chi connectivity index (χ3v) is 5.45. The molecule has 1 saturated heterocycles. The molecule has 3 rings (SSSR count). The van der Waals surface area contributed by atoms with Gasteiger partial charge in [0.05, 0.1) is 17.4 Å². The van der Waals surface area contributed by atoms with Gasteiger partial charge in [-0.05, 0) is 36.8 Å². The molecule has 2 aromatic rings. The monoisotopic (exact) mass is 444 g/mol. The molecular formula is C21H25ClN6O3. The maximum Gasteiger partial charge on any atom is 0.269 e. The SMILES string of the molecule is C=CC(O)N1C[C@@H](C)N(C(C)=O)[C@H](c2cc(Cl)nc(-c3cc(C(=O)NC)ncn3)c2)C1. The lowest BCUT2D eigenvalue weighted by Gasteiger charge is -2.46. The van der Waals surface area contributed by atoms with Crippen LogP contribution in [0.1, 0.15) is 35.9 Å². The smallest absolute Gasteiger partial charge is 0.269 e. The zero-order valence-corrected chi connectivity index (χ0v) is 18.4. The van der Waals surface area contributed by atoms with Crippen molar-refractivity contribution in [3.05, 3.63) is 53.6 Å². The van der Waals surface area contributed by atoms with E-state index in [4.69, 9.17) is 11.6 Å². The third-order valence-electron chi connectivity index (χ3n) is 5.26. The summed E-state index contributed by atoms with van der Waals surface area (Å²) in [6.45, 7) is 8.01. The third kappa shape index (κ3) is 4.90. The molecule has 0 saturated carbocycles. The molecule has 1 aliphatic rings. The van der Waals surface area contributed by atoms with Crippen LogP contribution in [0, 0.1) is 0 Å². The van der Waals surface area contributed by atoms with Crippen molar-refractivity contribution in [3.63, 3.8) is 0 Å². The number of amides is 2. The summed E-state index contributed by atoms with van der Waals surface area (Å²) in [7, 11) is 1.52. The number of halogens is 1. The van der Waals surface area contributed by atoms with Crippen LogP contribution in [0.3, 0.4) is 0 Å². The minimum absolute atomic E-state index is 0.0799. The van der Waals surface area contributed by atoms with E-state index in [0.717, 1.165) is 5.56 Å². The number of piperazine rings is 1. The zero-order valence-electron chi connectivity index (χ0n) is 17.6. The topological polar surface area (TPSA) is 112 Å². The highest BCUT2D eigenvalue weighted by atomic mass is 35.5. The van der Waals surface area contributed by atoms with E-state index in [1.165, 1.54) is 32.4 Å². The van der Waals surface area contributed by atoms with Gasteiger partial charge in [0.1, 0.15) is 23.4 Å². The molecule has 9 nitrogen and oxygen atoms in total. The Bertz CT molecular complexity index is 1000. The van der Waals surface area contributed by atoms with E-state index in [0.29, 0.717) is 24.5 Å². The molecule has 164 valence electrons. The predicted octanol–water partition coefficient (Wildman–Crippen LogP) is 1.65. The van der Waals surface area contributed by atoms with Gasteiger partial charge in [0.15, 0.2) is 0 Å². The summed E-state index contributed by atoms with van der Waals surface area (Å²) in [4.78, 5) is 40.5. The minimum atomic E-state index is -0.826. The Labute approximate surface area is 185 Å². The number of aromatic nitrogens is 3. The summed E-state index contributed by atoms with van der Waals surface area (Å²) in [5.74, 6) is -0.424. The number of nitrogens with zero attached hydrogens (tertiary/aromatic N) is 5. The first-order valence-electron chi connectivity index (χ1n) is 9.80. The number of rotatable bonds is 5. The molecule has 1 unspecified atom stereocenters. The Kier molecular flexibility index (Phi) is 6.99. The fourth-order valence-electron chi connectivity index (χ4n) is 3.87. The Morgan fingerprint density at radius 2 is 2.03 bits per heavy atom. The molecule has 2 amide bonds. The Balaban J connectivity index is 2.05. The van der Waals surface area contributed by atoms with Gasteiger partial charge < -0.3 is 15.3 Å². The van der Waals surface area contributed by atoms with Crippen molar-refractivity contribution < 1.29 is 14.7 Å². The van der Waals surface area contributed by atoms with Crippen LogP contribution in [0.5, 0.6) is 0 Å². The number of carbonyl (C=O) groups excluding carboxylic acids is 2. The van der Waals surface area contributed by atoms with Crippen LogP contribution in [-0.2, 0) is 4.79 Å². The lowest BCUT2D eigenvalue weighted by Crippen LogP contribution is -2.57. The molecule has 0 aromatic carbocycles. The Morgan fingerprint density at radius 3 is 2.68 bits per heavy atom. The molecule has 0 aliphatic carbocycles. The van der Waals surface area contributed by atoms with E-state index in [-0.39, 0.29) is 34.7 Å². The Hall–Kier alpha value is -2.88.